The summed E-state index contributed by atoms with van der Waals surface area (Å²) in [6.45, 7) is 1.52. The van der Waals surface area contributed by atoms with Gasteiger partial charge in [0.15, 0.2) is 6.20 Å². The molecule has 13 heavy (non-hydrogen) atoms. The Morgan fingerprint density at radius 3 is 2.92 bits per heavy atom. The summed E-state index contributed by atoms with van der Waals surface area (Å²) in [5.74, 6) is 0. The number of nitrogens with zero attached hydrogens (tertiary/aromatic N) is 1. The largest absolute Gasteiger partial charge is 0.618 e. The molecule has 0 aromatic carbocycles. The Morgan fingerprint density at radius 2 is 2.38 bits per heavy atom. The first-order valence-corrected chi connectivity index (χ1v) is 4.00. The molecule has 1 heterocycles. The molecule has 1 aromatic rings. The van der Waals surface area contributed by atoms with E-state index in [1.54, 1.807) is 6.07 Å². The molecule has 0 fully saturated rings. The molecule has 0 unspecified atom stereocenters. The summed E-state index contributed by atoms with van der Waals surface area (Å²) in [4.78, 5) is 0. The van der Waals surface area contributed by atoms with Crippen LogP contribution in [0.3, 0.4) is 0 Å². The van der Waals surface area contributed by atoms with E-state index in [9.17, 15) is 5.21 Å². The third kappa shape index (κ3) is 2.26. The molecule has 0 spiro atoms. The molecule has 1 aromatic heterocycles. The average Bonchev–Trinajstić information content (AvgIpc) is 2.11. The Labute approximate surface area is 76.5 Å². The van der Waals surface area contributed by atoms with E-state index in [4.69, 9.17) is 10.5 Å². The van der Waals surface area contributed by atoms with Crippen LogP contribution in [0.5, 0.6) is 0 Å². The van der Waals surface area contributed by atoms with Crippen LogP contribution < -0.4 is 4.73 Å². The molecule has 1 rings (SSSR count). The fourth-order valence-electron chi connectivity index (χ4n) is 1.10. The second kappa shape index (κ2) is 4.00. The van der Waals surface area contributed by atoms with Crippen molar-refractivity contribution in [3.05, 3.63) is 34.8 Å². The Hall–Kier alpha value is -1.42. The Morgan fingerprint density at radius 1 is 1.69 bits per heavy atom. The lowest BCUT2D eigenvalue weighted by Crippen LogP contribution is -2.33. The highest BCUT2D eigenvalue weighted by Gasteiger charge is 2.10. The van der Waals surface area contributed by atoms with Crippen LogP contribution in [0, 0.1) is 17.5 Å². The first-order chi connectivity index (χ1) is 6.15. The maximum absolute atomic E-state index is 11.2. The van der Waals surface area contributed by atoms with E-state index in [-0.39, 0.29) is 18.7 Å². The van der Waals surface area contributed by atoms with Crippen LogP contribution in [0.25, 0.3) is 0 Å². The van der Waals surface area contributed by atoms with Crippen molar-refractivity contribution in [2.75, 3.05) is 6.61 Å². The van der Waals surface area contributed by atoms with E-state index < -0.39 is 0 Å². The molecule has 70 valence electrons. The summed E-state index contributed by atoms with van der Waals surface area (Å²) in [7, 11) is 0. The van der Waals surface area contributed by atoms with Gasteiger partial charge in [0.2, 0.25) is 5.69 Å². The van der Waals surface area contributed by atoms with Gasteiger partial charge in [0.05, 0.1) is 13.0 Å². The number of hydrogen-bond donors (Lipinski definition) is 2. The SMILES string of the molecule is Cc1ccc[n+]([O-])c1CC(=N)CO. The van der Waals surface area contributed by atoms with Crippen LogP contribution >= 0.6 is 0 Å². The van der Waals surface area contributed by atoms with Gasteiger partial charge in [0, 0.05) is 17.3 Å². The molecule has 0 saturated heterocycles. The summed E-state index contributed by atoms with van der Waals surface area (Å²) in [5, 5.41) is 27.1. The normalized spacial score (nSPS) is 10.0. The second-order valence-corrected chi connectivity index (χ2v) is 2.90. The third-order valence-electron chi connectivity index (χ3n) is 1.86. The number of rotatable bonds is 3. The molecular weight excluding hydrogens is 168 g/mol. The summed E-state index contributed by atoms with van der Waals surface area (Å²) in [6, 6.07) is 3.47. The van der Waals surface area contributed by atoms with Gasteiger partial charge >= 0.3 is 0 Å². The number of aliphatic hydroxyl groups is 1. The van der Waals surface area contributed by atoms with E-state index in [1.165, 1.54) is 6.20 Å². The van der Waals surface area contributed by atoms with Crippen LogP contribution in [0.15, 0.2) is 18.3 Å². The number of aliphatic hydroxyl groups excluding tert-OH is 1. The van der Waals surface area contributed by atoms with Gasteiger partial charge < -0.3 is 15.7 Å². The fourth-order valence-corrected chi connectivity index (χ4v) is 1.10. The first-order valence-electron chi connectivity index (χ1n) is 4.00. The van der Waals surface area contributed by atoms with E-state index in [1.807, 2.05) is 13.0 Å². The summed E-state index contributed by atoms with van der Waals surface area (Å²) in [5.41, 5.74) is 1.52. The standard InChI is InChI=1S/C9H12N2O2/c1-7-3-2-4-11(13)9(7)5-8(10)6-12/h2-4,10,12H,5-6H2,1H3. The Bertz CT molecular complexity index is 303. The highest BCUT2D eigenvalue weighted by Crippen LogP contribution is 2.02. The number of pyridine rings is 1. The summed E-state index contributed by atoms with van der Waals surface area (Å²) in [6.07, 6.45) is 1.61. The third-order valence-corrected chi connectivity index (χ3v) is 1.86. The molecule has 0 atom stereocenters. The van der Waals surface area contributed by atoms with Crippen molar-refractivity contribution in [1.82, 2.24) is 0 Å². The minimum absolute atomic E-state index is 0.152. The molecule has 0 radical (unpaired) electrons. The quantitative estimate of drug-likeness (QED) is 0.396. The molecule has 0 aliphatic heterocycles. The zero-order chi connectivity index (χ0) is 9.84. The van der Waals surface area contributed by atoms with Crippen molar-refractivity contribution in [1.29, 1.82) is 5.41 Å². The lowest BCUT2D eigenvalue weighted by Gasteiger charge is -2.06. The van der Waals surface area contributed by atoms with Crippen molar-refractivity contribution in [3.63, 3.8) is 0 Å². The smallest absolute Gasteiger partial charge is 0.201 e. The Kier molecular flexibility index (Phi) is 2.97. The zero-order valence-electron chi connectivity index (χ0n) is 7.45. The van der Waals surface area contributed by atoms with Crippen LogP contribution in [-0.4, -0.2) is 17.4 Å². The predicted molar refractivity (Wildman–Crippen MR) is 48.7 cm³/mol. The zero-order valence-corrected chi connectivity index (χ0v) is 7.45. The van der Waals surface area contributed by atoms with Gasteiger partial charge in [-0.05, 0) is 13.0 Å². The van der Waals surface area contributed by atoms with Crippen molar-refractivity contribution in [3.8, 4) is 0 Å². The van der Waals surface area contributed by atoms with Crippen LogP contribution in [0.1, 0.15) is 11.3 Å². The molecule has 0 saturated carbocycles. The molecule has 4 heteroatoms. The van der Waals surface area contributed by atoms with Crippen molar-refractivity contribution in [2.24, 2.45) is 0 Å². The topological polar surface area (TPSA) is 71.0 Å². The minimum Gasteiger partial charge on any atom is -0.618 e. The lowest BCUT2D eigenvalue weighted by atomic mass is 10.1. The molecular formula is C9H12N2O2. The van der Waals surface area contributed by atoms with Crippen molar-refractivity contribution < 1.29 is 9.84 Å². The van der Waals surface area contributed by atoms with Gasteiger partial charge in [-0.2, -0.15) is 4.73 Å². The molecule has 0 bridgehead atoms. The number of nitrogens with one attached hydrogen (secondary N) is 1. The second-order valence-electron chi connectivity index (χ2n) is 2.90. The number of aryl methyl sites for hydroxylation is 1. The van der Waals surface area contributed by atoms with E-state index in [2.05, 4.69) is 0 Å². The van der Waals surface area contributed by atoms with Crippen molar-refractivity contribution in [2.45, 2.75) is 13.3 Å². The molecule has 2 N–H and O–H groups in total. The van der Waals surface area contributed by atoms with E-state index in [0.717, 1.165) is 10.3 Å². The van der Waals surface area contributed by atoms with Gasteiger partial charge in [0.1, 0.15) is 0 Å². The Balaban J connectivity index is 2.93. The van der Waals surface area contributed by atoms with Gasteiger partial charge in [-0.1, -0.05) is 0 Å². The molecule has 0 amide bonds. The minimum atomic E-state index is -0.297. The van der Waals surface area contributed by atoms with Gasteiger partial charge in [-0.3, -0.25) is 0 Å². The molecule has 4 nitrogen and oxygen atoms in total. The monoisotopic (exact) mass is 180 g/mol. The van der Waals surface area contributed by atoms with Gasteiger partial charge in [-0.15, -0.1) is 0 Å². The fraction of sp³-hybridized carbons (Fsp3) is 0.333. The summed E-state index contributed by atoms with van der Waals surface area (Å²) >= 11 is 0. The molecule has 0 aliphatic rings. The maximum atomic E-state index is 11.2. The van der Waals surface area contributed by atoms with Gasteiger partial charge in [-0.25, -0.2) is 0 Å². The maximum Gasteiger partial charge on any atom is 0.201 e. The van der Waals surface area contributed by atoms with Crippen molar-refractivity contribution >= 4 is 5.71 Å². The van der Waals surface area contributed by atoms with Gasteiger partial charge in [0.25, 0.3) is 0 Å². The van der Waals surface area contributed by atoms with Crippen LogP contribution in [0.4, 0.5) is 0 Å². The predicted octanol–water partition coefficient (Wildman–Crippen LogP) is 0.183. The first kappa shape index (κ1) is 9.67. The summed E-state index contributed by atoms with van der Waals surface area (Å²) < 4.78 is 0.736. The lowest BCUT2D eigenvalue weighted by molar-refractivity contribution is -0.613. The van der Waals surface area contributed by atoms with E-state index in [0.29, 0.717) is 5.69 Å². The highest BCUT2D eigenvalue weighted by molar-refractivity contribution is 5.84. The van der Waals surface area contributed by atoms with Crippen LogP contribution in [-0.2, 0) is 6.42 Å². The average molecular weight is 180 g/mol. The number of aromatic nitrogens is 1. The highest BCUT2D eigenvalue weighted by atomic mass is 16.5. The van der Waals surface area contributed by atoms with E-state index >= 15 is 0 Å². The number of hydrogen-bond acceptors (Lipinski definition) is 3. The molecule has 0 aliphatic carbocycles. The van der Waals surface area contributed by atoms with Crippen LogP contribution in [0.2, 0.25) is 0 Å².